The van der Waals surface area contributed by atoms with Gasteiger partial charge >= 0.3 is 0 Å². The second kappa shape index (κ2) is 4.21. The molecular weight excluding hydrogens is 241 g/mol. The summed E-state index contributed by atoms with van der Waals surface area (Å²) in [6.45, 7) is 0. The summed E-state index contributed by atoms with van der Waals surface area (Å²) >= 11 is 2.11. The molecule has 4 heteroatoms. The van der Waals surface area contributed by atoms with Gasteiger partial charge in [-0.1, -0.05) is 22.6 Å². The molecule has 0 radical (unpaired) electrons. The number of aromatic amines is 1. The van der Waals surface area contributed by atoms with E-state index in [1.165, 1.54) is 0 Å². The summed E-state index contributed by atoms with van der Waals surface area (Å²) in [5.74, 6) is 0. The molecule has 0 unspecified atom stereocenters. The Labute approximate surface area is 72.0 Å². The van der Waals surface area contributed by atoms with E-state index in [1.54, 1.807) is 12.4 Å². The summed E-state index contributed by atoms with van der Waals surface area (Å²) in [6, 6.07) is 3.68. The largest absolute Gasteiger partial charge is 0.261 e. The van der Waals surface area contributed by atoms with Crippen molar-refractivity contribution < 1.29 is 0 Å². The van der Waals surface area contributed by atoms with Gasteiger partial charge in [0.15, 0.2) is 0 Å². The molecule has 0 saturated heterocycles. The second-order valence-electron chi connectivity index (χ2n) is 1.54. The van der Waals surface area contributed by atoms with Crippen LogP contribution in [0.3, 0.4) is 0 Å². The molecule has 0 aliphatic rings. The van der Waals surface area contributed by atoms with Crippen LogP contribution in [0, 0.1) is 0 Å². The lowest BCUT2D eigenvalue weighted by atomic mass is 10.6. The van der Waals surface area contributed by atoms with Gasteiger partial charge in [-0.05, 0) is 16.2 Å². The van der Waals surface area contributed by atoms with Crippen molar-refractivity contribution in [3.05, 3.63) is 34.1 Å². The normalized spacial score (nSPS) is 12.7. The molecule has 1 rings (SSSR count). The van der Waals surface area contributed by atoms with E-state index < -0.39 is 0 Å². The summed E-state index contributed by atoms with van der Waals surface area (Å²) in [5, 5.41) is 6.51. The molecule has 1 N–H and O–H groups in total. The van der Waals surface area contributed by atoms with Crippen LogP contribution in [0.25, 0.3) is 0 Å². The lowest BCUT2D eigenvalue weighted by molar-refractivity contribution is 0.956. The first-order chi connectivity index (χ1) is 4.93. The Morgan fingerprint density at radius 1 is 1.70 bits per heavy atom. The quantitative estimate of drug-likeness (QED) is 0.744. The zero-order valence-electron chi connectivity index (χ0n) is 5.16. The van der Waals surface area contributed by atoms with Crippen molar-refractivity contribution in [3.8, 4) is 0 Å². The maximum atomic E-state index is 4.02. The van der Waals surface area contributed by atoms with E-state index in [9.17, 15) is 0 Å². The Kier molecular flexibility index (Phi) is 3.14. The number of hydrogen-bond acceptors (Lipinski definition) is 2. The highest BCUT2D eigenvalue weighted by atomic mass is 127. The fourth-order valence-electron chi connectivity index (χ4n) is 0.498. The van der Waals surface area contributed by atoms with Crippen LogP contribution in [-0.4, -0.2) is 10.2 Å². The van der Waals surface area contributed by atoms with Crippen molar-refractivity contribution in [2.45, 2.75) is 0 Å². The maximum absolute atomic E-state index is 4.02. The van der Waals surface area contributed by atoms with Gasteiger partial charge in [0.05, 0.1) is 0 Å². The first-order valence-corrected chi connectivity index (χ1v) is 3.97. The molecule has 1 heterocycles. The molecule has 0 aliphatic carbocycles. The maximum Gasteiger partial charge on any atom is 0.146 e. The fraction of sp³-hybridized carbons (Fsp3) is 0. The standard InChI is InChI=1S/C6H6IN3/c7-3-5-8-6-2-1-4-9-10-6/h1-5H,(H,8,10)/b5-3-. The predicted octanol–water partition coefficient (Wildman–Crippen LogP) is 1.22. The topological polar surface area (TPSA) is 41.0 Å². The van der Waals surface area contributed by atoms with Gasteiger partial charge < -0.3 is 0 Å². The van der Waals surface area contributed by atoms with E-state index in [0.717, 1.165) is 5.49 Å². The highest BCUT2D eigenvalue weighted by Gasteiger charge is 1.72. The lowest BCUT2D eigenvalue weighted by Crippen LogP contribution is -2.05. The van der Waals surface area contributed by atoms with Gasteiger partial charge in [0, 0.05) is 12.4 Å². The van der Waals surface area contributed by atoms with Crippen molar-refractivity contribution in [2.75, 3.05) is 0 Å². The minimum Gasteiger partial charge on any atom is -0.261 e. The number of nitrogens with one attached hydrogen (secondary N) is 1. The first-order valence-electron chi connectivity index (χ1n) is 2.72. The summed E-state index contributed by atoms with van der Waals surface area (Å²) in [6.07, 6.45) is 3.38. The molecule has 0 spiro atoms. The first kappa shape index (κ1) is 7.46. The minimum atomic E-state index is 0.760. The monoisotopic (exact) mass is 247 g/mol. The predicted molar refractivity (Wildman–Crippen MR) is 47.3 cm³/mol. The molecule has 0 bridgehead atoms. The SMILES string of the molecule is I/C=C\N=c1\cccn[nH]1. The van der Waals surface area contributed by atoms with Gasteiger partial charge in [0.2, 0.25) is 0 Å². The number of nitrogens with zero attached hydrogens (tertiary/aromatic N) is 2. The zero-order valence-corrected chi connectivity index (χ0v) is 7.32. The van der Waals surface area contributed by atoms with Crippen LogP contribution >= 0.6 is 22.6 Å². The van der Waals surface area contributed by atoms with Crippen molar-refractivity contribution >= 4 is 22.6 Å². The van der Waals surface area contributed by atoms with Gasteiger partial charge in [0.25, 0.3) is 0 Å². The van der Waals surface area contributed by atoms with Crippen LogP contribution in [0.5, 0.6) is 0 Å². The Morgan fingerprint density at radius 3 is 3.20 bits per heavy atom. The third kappa shape index (κ3) is 2.30. The average Bonchev–Trinajstić information content (AvgIpc) is 2.03. The van der Waals surface area contributed by atoms with Crippen molar-refractivity contribution in [3.63, 3.8) is 0 Å². The van der Waals surface area contributed by atoms with Crippen molar-refractivity contribution in [2.24, 2.45) is 4.99 Å². The van der Waals surface area contributed by atoms with Gasteiger partial charge in [-0.2, -0.15) is 5.10 Å². The van der Waals surface area contributed by atoms with Crippen LogP contribution in [-0.2, 0) is 0 Å². The van der Waals surface area contributed by atoms with Crippen molar-refractivity contribution in [1.29, 1.82) is 0 Å². The smallest absolute Gasteiger partial charge is 0.146 e. The molecule has 0 saturated carbocycles. The molecule has 0 aromatic carbocycles. The average molecular weight is 247 g/mol. The van der Waals surface area contributed by atoms with E-state index in [1.807, 2.05) is 16.2 Å². The molecule has 1 aromatic heterocycles. The van der Waals surface area contributed by atoms with Crippen LogP contribution in [0.15, 0.2) is 33.6 Å². The number of rotatable bonds is 1. The van der Waals surface area contributed by atoms with E-state index in [2.05, 4.69) is 37.8 Å². The number of aromatic nitrogens is 2. The molecule has 0 fully saturated rings. The van der Waals surface area contributed by atoms with E-state index in [0.29, 0.717) is 0 Å². The minimum absolute atomic E-state index is 0.760. The van der Waals surface area contributed by atoms with Crippen molar-refractivity contribution in [1.82, 2.24) is 10.2 Å². The molecule has 0 atom stereocenters. The Morgan fingerprint density at radius 2 is 2.60 bits per heavy atom. The van der Waals surface area contributed by atoms with Gasteiger partial charge in [-0.15, -0.1) is 0 Å². The summed E-state index contributed by atoms with van der Waals surface area (Å²) in [4.78, 5) is 4.02. The number of halogens is 1. The van der Waals surface area contributed by atoms with E-state index in [4.69, 9.17) is 0 Å². The third-order valence-electron chi connectivity index (χ3n) is 0.864. The highest BCUT2D eigenvalue weighted by molar-refractivity contribution is 14.1. The third-order valence-corrected chi connectivity index (χ3v) is 1.19. The van der Waals surface area contributed by atoms with Gasteiger partial charge in [-0.3, -0.25) is 5.10 Å². The summed E-state index contributed by atoms with van der Waals surface area (Å²) in [5.41, 5.74) is 0.760. The van der Waals surface area contributed by atoms with Gasteiger partial charge in [0.1, 0.15) is 5.49 Å². The fourth-order valence-corrected chi connectivity index (χ4v) is 0.659. The molecule has 3 nitrogen and oxygen atoms in total. The van der Waals surface area contributed by atoms with E-state index in [-0.39, 0.29) is 0 Å². The summed E-state index contributed by atoms with van der Waals surface area (Å²) in [7, 11) is 0. The zero-order chi connectivity index (χ0) is 7.23. The molecule has 0 amide bonds. The Bertz CT molecular complexity index is 259. The molecule has 0 aliphatic heterocycles. The Hall–Kier alpha value is -0.650. The van der Waals surface area contributed by atoms with Crippen LogP contribution in [0.4, 0.5) is 0 Å². The van der Waals surface area contributed by atoms with Gasteiger partial charge in [-0.25, -0.2) is 4.99 Å². The molecule has 10 heavy (non-hydrogen) atoms. The molecular formula is C6H6IN3. The van der Waals surface area contributed by atoms with Crippen LogP contribution in [0.1, 0.15) is 0 Å². The summed E-state index contributed by atoms with van der Waals surface area (Å²) < 4.78 is 1.83. The van der Waals surface area contributed by atoms with E-state index >= 15 is 0 Å². The molecule has 1 aromatic rings. The van der Waals surface area contributed by atoms with Crippen LogP contribution < -0.4 is 5.49 Å². The Balaban J connectivity index is 2.95. The van der Waals surface area contributed by atoms with Crippen LogP contribution in [0.2, 0.25) is 0 Å². The highest BCUT2D eigenvalue weighted by Crippen LogP contribution is 1.81. The second-order valence-corrected chi connectivity index (χ2v) is 2.26. The number of H-pyrrole nitrogens is 1. The lowest BCUT2D eigenvalue weighted by Gasteiger charge is -1.81. The molecule has 52 valence electrons. The number of hydrogen-bond donors (Lipinski definition) is 1.